The van der Waals surface area contributed by atoms with Crippen LogP contribution < -0.4 is 15.4 Å². The van der Waals surface area contributed by atoms with Crippen molar-refractivity contribution in [2.75, 3.05) is 31.2 Å². The molecule has 0 aliphatic heterocycles. The van der Waals surface area contributed by atoms with E-state index < -0.39 is 12.2 Å². The van der Waals surface area contributed by atoms with Crippen LogP contribution in [0.3, 0.4) is 0 Å². The van der Waals surface area contributed by atoms with Crippen LogP contribution in [-0.4, -0.2) is 72.9 Å². The zero-order valence-electron chi connectivity index (χ0n) is 24.0. The number of imidazole rings is 2. The van der Waals surface area contributed by atoms with Crippen molar-refractivity contribution in [2.24, 2.45) is 5.73 Å². The second kappa shape index (κ2) is 12.2. The van der Waals surface area contributed by atoms with Gasteiger partial charge in [0.25, 0.3) is 0 Å². The van der Waals surface area contributed by atoms with E-state index in [0.717, 1.165) is 33.5 Å². The number of hydrogen-bond donors (Lipinski definition) is 4. The summed E-state index contributed by atoms with van der Waals surface area (Å²) in [7, 11) is 0. The van der Waals surface area contributed by atoms with Crippen molar-refractivity contribution in [1.29, 1.82) is 0 Å². The molecule has 1 atom stereocenters. The number of aromatic nitrogens is 4. The zero-order chi connectivity index (χ0) is 30.8. The van der Waals surface area contributed by atoms with Crippen LogP contribution in [-0.2, 0) is 0 Å². The molecule has 2 aromatic heterocycles. The molecule has 1 unspecified atom stereocenters. The molecule has 44 heavy (non-hydrogen) atoms. The average Bonchev–Trinajstić information content (AvgIpc) is 3.62. The number of primary amides is 1. The normalized spacial score (nSPS) is 12.1. The van der Waals surface area contributed by atoms with Gasteiger partial charge in [-0.2, -0.15) is 0 Å². The fraction of sp³-hybridized carbons (Fsp3) is 0.182. The van der Waals surface area contributed by atoms with Gasteiger partial charge in [0.15, 0.2) is 6.29 Å². The molecule has 2 heterocycles. The van der Waals surface area contributed by atoms with Crippen LogP contribution in [0.25, 0.3) is 44.8 Å². The Balaban J connectivity index is 1.52. The lowest BCUT2D eigenvalue weighted by molar-refractivity contribution is -0.000302. The minimum absolute atomic E-state index is 0.0318. The van der Waals surface area contributed by atoms with Crippen molar-refractivity contribution in [3.63, 3.8) is 0 Å². The number of hydrogen-bond acceptors (Lipinski definition) is 8. The van der Waals surface area contributed by atoms with Crippen LogP contribution in [0, 0.1) is 0 Å². The Hall–Kier alpha value is -5.23. The number of nitrogens with two attached hydrogens (primary N) is 1. The first-order valence-corrected chi connectivity index (χ1v) is 14.2. The molecular weight excluding hydrogens is 560 g/mol. The van der Waals surface area contributed by atoms with Gasteiger partial charge in [-0.15, -0.1) is 0 Å². The van der Waals surface area contributed by atoms with Gasteiger partial charge in [-0.3, -0.25) is 13.9 Å². The van der Waals surface area contributed by atoms with Gasteiger partial charge in [0.05, 0.1) is 41.0 Å². The summed E-state index contributed by atoms with van der Waals surface area (Å²) in [6.07, 6.45) is 0.674. The minimum atomic E-state index is -1.02. The number of nitrogens with zero attached hydrogens (tertiary/aromatic N) is 5. The van der Waals surface area contributed by atoms with Gasteiger partial charge in [0, 0.05) is 35.6 Å². The van der Waals surface area contributed by atoms with Gasteiger partial charge < -0.3 is 30.7 Å². The molecule has 6 rings (SSSR count). The van der Waals surface area contributed by atoms with Crippen LogP contribution in [0.4, 0.5) is 5.69 Å². The molecule has 0 bridgehead atoms. The molecule has 1 amide bonds. The first-order valence-electron chi connectivity index (χ1n) is 14.2. The van der Waals surface area contributed by atoms with Crippen LogP contribution in [0.1, 0.15) is 17.3 Å². The van der Waals surface area contributed by atoms with Crippen molar-refractivity contribution in [2.45, 2.75) is 13.2 Å². The second-order valence-electron chi connectivity index (χ2n) is 10.3. The average molecular weight is 593 g/mol. The lowest BCUT2D eigenvalue weighted by atomic mass is 10.1. The minimum Gasteiger partial charge on any atom is -0.463 e. The number of para-hydroxylation sites is 2. The molecule has 0 fully saturated rings. The second-order valence-corrected chi connectivity index (χ2v) is 10.3. The molecule has 0 radical (unpaired) electrons. The molecule has 0 spiro atoms. The van der Waals surface area contributed by atoms with E-state index in [-0.39, 0.29) is 13.2 Å². The Labute approximate surface area is 253 Å². The van der Waals surface area contributed by atoms with E-state index in [1.165, 1.54) is 0 Å². The van der Waals surface area contributed by atoms with Crippen molar-refractivity contribution >= 4 is 33.7 Å². The standard InChI is InChI=1S/C33H32N6O5/c1-21(42)44-31-5-3-2-4-29(31)39-28-13-11-25(38-20-35-26-12-8-23(32(34)43)18-30(26)38)19-27(28)36-33(39)22-6-9-24(10-7-22)37(14-16-40)15-17-41/h2-13,18-21,40-42H,14-17H2,1H3,(H2,34,43). The van der Waals surface area contributed by atoms with Gasteiger partial charge in [0.2, 0.25) is 5.91 Å². The molecule has 11 heteroatoms. The molecule has 5 N–H and O–H groups in total. The van der Waals surface area contributed by atoms with Crippen LogP contribution in [0.5, 0.6) is 5.75 Å². The highest BCUT2D eigenvalue weighted by Crippen LogP contribution is 2.35. The maximum Gasteiger partial charge on any atom is 0.248 e. The summed E-state index contributed by atoms with van der Waals surface area (Å²) in [6.45, 7) is 2.29. The Bertz CT molecular complexity index is 1940. The predicted octanol–water partition coefficient (Wildman–Crippen LogP) is 3.64. The Kier molecular flexibility index (Phi) is 7.99. The number of fused-ring (bicyclic) bond motifs is 2. The summed E-state index contributed by atoms with van der Waals surface area (Å²) in [5.41, 5.74) is 12.1. The van der Waals surface area contributed by atoms with E-state index in [0.29, 0.717) is 41.4 Å². The first kappa shape index (κ1) is 28.9. The number of carbonyl (C=O) groups excluding carboxylic acids is 1. The lowest BCUT2D eigenvalue weighted by Gasteiger charge is -2.23. The molecule has 0 aliphatic carbocycles. The molecule has 0 saturated heterocycles. The summed E-state index contributed by atoms with van der Waals surface area (Å²) >= 11 is 0. The van der Waals surface area contributed by atoms with Gasteiger partial charge in [-0.25, -0.2) is 9.97 Å². The quantitative estimate of drug-likeness (QED) is 0.167. The van der Waals surface area contributed by atoms with Gasteiger partial charge in [0.1, 0.15) is 17.9 Å². The van der Waals surface area contributed by atoms with E-state index in [1.54, 1.807) is 37.5 Å². The number of rotatable bonds is 11. The summed E-state index contributed by atoms with van der Waals surface area (Å²) in [5.74, 6) is 0.617. The molecule has 0 aliphatic rings. The number of ether oxygens (including phenoxy) is 1. The molecule has 11 nitrogen and oxygen atoms in total. The highest BCUT2D eigenvalue weighted by atomic mass is 16.6. The molecule has 6 aromatic rings. The van der Waals surface area contributed by atoms with Crippen molar-refractivity contribution in [3.05, 3.63) is 96.8 Å². The third kappa shape index (κ3) is 5.47. The van der Waals surface area contributed by atoms with E-state index in [2.05, 4.69) is 4.98 Å². The number of aliphatic hydroxyl groups is 3. The summed E-state index contributed by atoms with van der Waals surface area (Å²) in [4.78, 5) is 23.3. The fourth-order valence-corrected chi connectivity index (χ4v) is 5.38. The van der Waals surface area contributed by atoms with E-state index >= 15 is 0 Å². The summed E-state index contributed by atoms with van der Waals surface area (Å²) in [5, 5.41) is 29.0. The zero-order valence-corrected chi connectivity index (χ0v) is 24.0. The molecule has 4 aromatic carbocycles. The van der Waals surface area contributed by atoms with Crippen LogP contribution >= 0.6 is 0 Å². The molecule has 224 valence electrons. The third-order valence-corrected chi connectivity index (χ3v) is 7.38. The van der Waals surface area contributed by atoms with Crippen LogP contribution in [0.2, 0.25) is 0 Å². The number of aliphatic hydroxyl groups excluding tert-OH is 3. The molecule has 0 saturated carbocycles. The van der Waals surface area contributed by atoms with E-state index in [1.807, 2.05) is 74.7 Å². The number of amides is 1. The number of benzene rings is 4. The van der Waals surface area contributed by atoms with Gasteiger partial charge in [-0.05, 0) is 79.7 Å². The van der Waals surface area contributed by atoms with Crippen molar-refractivity contribution < 1.29 is 24.9 Å². The van der Waals surface area contributed by atoms with Crippen molar-refractivity contribution in [1.82, 2.24) is 19.1 Å². The monoisotopic (exact) mass is 592 g/mol. The Morgan fingerprint density at radius 2 is 1.68 bits per heavy atom. The van der Waals surface area contributed by atoms with E-state index in [4.69, 9.17) is 15.5 Å². The van der Waals surface area contributed by atoms with Gasteiger partial charge in [-0.1, -0.05) is 12.1 Å². The SMILES string of the molecule is CC(O)Oc1ccccc1-n1c(-c2ccc(N(CCO)CCO)cc2)nc2cc(-n3cnc4ccc(C(N)=O)cc43)ccc21. The maximum absolute atomic E-state index is 11.8. The summed E-state index contributed by atoms with van der Waals surface area (Å²) < 4.78 is 9.65. The van der Waals surface area contributed by atoms with Crippen LogP contribution in [0.15, 0.2) is 91.3 Å². The van der Waals surface area contributed by atoms with Crippen molar-refractivity contribution in [3.8, 4) is 28.5 Å². The fourth-order valence-electron chi connectivity index (χ4n) is 5.38. The van der Waals surface area contributed by atoms with E-state index in [9.17, 15) is 20.1 Å². The predicted molar refractivity (Wildman–Crippen MR) is 168 cm³/mol. The third-order valence-electron chi connectivity index (χ3n) is 7.38. The number of carbonyl (C=O) groups is 1. The summed E-state index contributed by atoms with van der Waals surface area (Å²) in [6, 6.07) is 26.2. The highest BCUT2D eigenvalue weighted by molar-refractivity contribution is 5.96. The first-order chi connectivity index (χ1) is 21.4. The Morgan fingerprint density at radius 3 is 2.39 bits per heavy atom. The largest absolute Gasteiger partial charge is 0.463 e. The lowest BCUT2D eigenvalue weighted by Crippen LogP contribution is -2.29. The molecular formula is C33H32N6O5. The van der Waals surface area contributed by atoms with Gasteiger partial charge >= 0.3 is 0 Å². The number of anilines is 1. The Morgan fingerprint density at radius 1 is 0.932 bits per heavy atom. The maximum atomic E-state index is 11.8. The topological polar surface area (TPSA) is 152 Å². The smallest absolute Gasteiger partial charge is 0.248 e. The highest BCUT2D eigenvalue weighted by Gasteiger charge is 2.20.